The highest BCUT2D eigenvalue weighted by molar-refractivity contribution is 6.36. The second kappa shape index (κ2) is 12.5. The standard InChI is InChI=1S/C22H29Cl3N2O2/c1-4-27(5-2)11-7-10-26-14-16-12-21(28-3)22(13-20(16)25)29-15-17-18(23)8-6-9-19(17)24/h6,8-9,12-13,26H,4-5,7,10-11,14-15H2,1-3H3. The Balaban J connectivity index is 1.96. The van der Waals surface area contributed by atoms with Gasteiger partial charge in [-0.15, -0.1) is 0 Å². The number of benzene rings is 2. The molecule has 0 saturated carbocycles. The van der Waals surface area contributed by atoms with Crippen LogP contribution in [-0.2, 0) is 13.2 Å². The smallest absolute Gasteiger partial charge is 0.163 e. The molecule has 0 radical (unpaired) electrons. The molecule has 0 aliphatic carbocycles. The molecule has 0 atom stereocenters. The van der Waals surface area contributed by atoms with E-state index in [2.05, 4.69) is 24.1 Å². The van der Waals surface area contributed by atoms with Gasteiger partial charge in [-0.05, 0) is 56.4 Å². The maximum atomic E-state index is 6.47. The first-order valence-corrected chi connectivity index (χ1v) is 11.0. The van der Waals surface area contributed by atoms with Crippen molar-refractivity contribution in [3.63, 3.8) is 0 Å². The average molecular weight is 460 g/mol. The highest BCUT2D eigenvalue weighted by atomic mass is 35.5. The SMILES string of the molecule is CCN(CC)CCCNCc1cc(OC)c(OCc2c(Cl)cccc2Cl)cc1Cl. The van der Waals surface area contributed by atoms with Gasteiger partial charge in [0.05, 0.1) is 7.11 Å². The van der Waals surface area contributed by atoms with Gasteiger partial charge in [-0.2, -0.15) is 0 Å². The zero-order valence-electron chi connectivity index (χ0n) is 17.2. The lowest BCUT2D eigenvalue weighted by atomic mass is 10.2. The van der Waals surface area contributed by atoms with E-state index in [1.54, 1.807) is 31.4 Å². The summed E-state index contributed by atoms with van der Waals surface area (Å²) in [5.41, 5.74) is 1.70. The summed E-state index contributed by atoms with van der Waals surface area (Å²) in [5.74, 6) is 1.18. The monoisotopic (exact) mass is 458 g/mol. The summed E-state index contributed by atoms with van der Waals surface area (Å²) in [6, 6.07) is 9.05. The first-order chi connectivity index (χ1) is 14.0. The van der Waals surface area contributed by atoms with E-state index in [1.807, 2.05) is 6.07 Å². The van der Waals surface area contributed by atoms with Crippen LogP contribution in [0.5, 0.6) is 11.5 Å². The Bertz CT molecular complexity index is 763. The Morgan fingerprint density at radius 3 is 2.28 bits per heavy atom. The van der Waals surface area contributed by atoms with Gasteiger partial charge in [0, 0.05) is 33.2 Å². The van der Waals surface area contributed by atoms with E-state index < -0.39 is 0 Å². The van der Waals surface area contributed by atoms with Gasteiger partial charge in [0.1, 0.15) is 6.61 Å². The van der Waals surface area contributed by atoms with Crippen molar-refractivity contribution >= 4 is 34.8 Å². The van der Waals surface area contributed by atoms with E-state index in [-0.39, 0.29) is 6.61 Å². The number of hydrogen-bond donors (Lipinski definition) is 1. The van der Waals surface area contributed by atoms with Crippen LogP contribution in [0.3, 0.4) is 0 Å². The predicted molar refractivity (Wildman–Crippen MR) is 123 cm³/mol. The molecule has 2 aromatic rings. The van der Waals surface area contributed by atoms with Crippen molar-refractivity contribution in [1.29, 1.82) is 0 Å². The lowest BCUT2D eigenvalue weighted by Gasteiger charge is -2.18. The summed E-state index contributed by atoms with van der Waals surface area (Å²) in [5, 5.41) is 5.20. The molecule has 1 N–H and O–H groups in total. The molecule has 0 aliphatic heterocycles. The largest absolute Gasteiger partial charge is 0.493 e. The first-order valence-electron chi connectivity index (χ1n) is 9.85. The van der Waals surface area contributed by atoms with Gasteiger partial charge in [-0.25, -0.2) is 0 Å². The molecule has 4 nitrogen and oxygen atoms in total. The summed E-state index contributed by atoms with van der Waals surface area (Å²) in [7, 11) is 1.61. The number of halogens is 3. The molecule has 2 rings (SSSR count). The molecule has 29 heavy (non-hydrogen) atoms. The molecular formula is C22H29Cl3N2O2. The van der Waals surface area contributed by atoms with Gasteiger partial charge in [-0.3, -0.25) is 0 Å². The predicted octanol–water partition coefficient (Wildman–Crippen LogP) is 6.06. The van der Waals surface area contributed by atoms with Crippen molar-refractivity contribution in [2.75, 3.05) is 33.3 Å². The molecule has 0 unspecified atom stereocenters. The fourth-order valence-corrected chi connectivity index (χ4v) is 3.72. The second-order valence-electron chi connectivity index (χ2n) is 6.64. The van der Waals surface area contributed by atoms with Crippen LogP contribution < -0.4 is 14.8 Å². The highest BCUT2D eigenvalue weighted by Crippen LogP contribution is 2.35. The summed E-state index contributed by atoms with van der Waals surface area (Å²) in [6.07, 6.45) is 1.09. The Hall–Kier alpha value is -1.17. The van der Waals surface area contributed by atoms with Gasteiger partial charge in [0.25, 0.3) is 0 Å². The van der Waals surface area contributed by atoms with Crippen LogP contribution in [-0.4, -0.2) is 38.2 Å². The maximum Gasteiger partial charge on any atom is 0.163 e. The van der Waals surface area contributed by atoms with Gasteiger partial charge < -0.3 is 19.7 Å². The van der Waals surface area contributed by atoms with E-state index in [4.69, 9.17) is 44.3 Å². The topological polar surface area (TPSA) is 33.7 Å². The van der Waals surface area contributed by atoms with E-state index in [0.29, 0.717) is 33.1 Å². The van der Waals surface area contributed by atoms with E-state index in [9.17, 15) is 0 Å². The number of ether oxygens (including phenoxy) is 2. The van der Waals surface area contributed by atoms with Crippen molar-refractivity contribution in [2.45, 2.75) is 33.4 Å². The Labute approximate surface area is 189 Å². The van der Waals surface area contributed by atoms with Crippen LogP contribution in [0.25, 0.3) is 0 Å². The Morgan fingerprint density at radius 1 is 0.966 bits per heavy atom. The van der Waals surface area contributed by atoms with Crippen molar-refractivity contribution in [3.8, 4) is 11.5 Å². The van der Waals surface area contributed by atoms with Crippen molar-refractivity contribution in [2.24, 2.45) is 0 Å². The molecule has 0 aliphatic rings. The third kappa shape index (κ3) is 7.23. The summed E-state index contributed by atoms with van der Waals surface area (Å²) < 4.78 is 11.4. The molecular weight excluding hydrogens is 431 g/mol. The average Bonchev–Trinajstić information content (AvgIpc) is 2.71. The molecule has 0 bridgehead atoms. The fraction of sp³-hybridized carbons (Fsp3) is 0.455. The quantitative estimate of drug-likeness (QED) is 0.391. The minimum Gasteiger partial charge on any atom is -0.493 e. The number of nitrogens with zero attached hydrogens (tertiary/aromatic N) is 1. The summed E-state index contributed by atoms with van der Waals surface area (Å²) in [4.78, 5) is 2.41. The van der Waals surface area contributed by atoms with Crippen molar-refractivity contribution < 1.29 is 9.47 Å². The minimum absolute atomic E-state index is 0.230. The van der Waals surface area contributed by atoms with Crippen molar-refractivity contribution in [3.05, 3.63) is 56.5 Å². The molecule has 0 spiro atoms. The zero-order valence-corrected chi connectivity index (χ0v) is 19.5. The highest BCUT2D eigenvalue weighted by Gasteiger charge is 2.13. The minimum atomic E-state index is 0.230. The molecule has 0 aromatic heterocycles. The summed E-state index contributed by atoms with van der Waals surface area (Å²) >= 11 is 18.9. The van der Waals surface area contributed by atoms with Crippen LogP contribution in [0.15, 0.2) is 30.3 Å². The third-order valence-corrected chi connectivity index (χ3v) is 5.86. The normalized spacial score (nSPS) is 11.1. The first kappa shape index (κ1) is 24.1. The summed E-state index contributed by atoms with van der Waals surface area (Å²) in [6.45, 7) is 9.46. The second-order valence-corrected chi connectivity index (χ2v) is 7.86. The zero-order chi connectivity index (χ0) is 21.2. The molecule has 0 saturated heterocycles. The number of hydrogen-bond acceptors (Lipinski definition) is 4. The maximum absolute atomic E-state index is 6.47. The van der Waals surface area contributed by atoms with Gasteiger partial charge in [0.2, 0.25) is 0 Å². The van der Waals surface area contributed by atoms with Crippen LogP contribution in [0.4, 0.5) is 0 Å². The van der Waals surface area contributed by atoms with Crippen LogP contribution in [0.1, 0.15) is 31.4 Å². The number of nitrogens with one attached hydrogen (secondary N) is 1. The molecule has 0 fully saturated rings. The van der Waals surface area contributed by atoms with Crippen LogP contribution in [0, 0.1) is 0 Å². The third-order valence-electron chi connectivity index (χ3n) is 4.80. The molecule has 160 valence electrons. The lowest BCUT2D eigenvalue weighted by molar-refractivity contribution is 0.284. The van der Waals surface area contributed by atoms with Crippen molar-refractivity contribution in [1.82, 2.24) is 10.2 Å². The van der Waals surface area contributed by atoms with E-state index in [0.717, 1.165) is 43.7 Å². The van der Waals surface area contributed by atoms with Gasteiger partial charge >= 0.3 is 0 Å². The van der Waals surface area contributed by atoms with Gasteiger partial charge in [0.15, 0.2) is 11.5 Å². The number of rotatable bonds is 12. The number of methoxy groups -OCH3 is 1. The molecule has 7 heteroatoms. The van der Waals surface area contributed by atoms with Crippen LogP contribution >= 0.6 is 34.8 Å². The van der Waals surface area contributed by atoms with E-state index in [1.165, 1.54) is 0 Å². The Kier molecular flexibility index (Phi) is 10.4. The van der Waals surface area contributed by atoms with E-state index >= 15 is 0 Å². The van der Waals surface area contributed by atoms with Crippen LogP contribution in [0.2, 0.25) is 15.1 Å². The van der Waals surface area contributed by atoms with Gasteiger partial charge in [-0.1, -0.05) is 54.7 Å². The Morgan fingerprint density at radius 2 is 1.66 bits per heavy atom. The molecule has 0 heterocycles. The fourth-order valence-electron chi connectivity index (χ4n) is 3.00. The molecule has 0 amide bonds. The lowest BCUT2D eigenvalue weighted by Crippen LogP contribution is -2.27. The molecule has 2 aromatic carbocycles.